The number of carbonyl (C=O) groups is 1. The molecule has 2 N–H and O–H groups in total. The minimum absolute atomic E-state index is 0.0687. The maximum atomic E-state index is 13.2. The molecule has 7 heteroatoms. The number of aryl methyl sites for hydroxylation is 1. The number of fused-ring (bicyclic) bond motifs is 4. The van der Waals surface area contributed by atoms with Crippen LogP contribution < -0.4 is 10.5 Å². The highest BCUT2D eigenvalue weighted by atomic mass is 16.5. The molecule has 4 heterocycles. The zero-order valence-corrected chi connectivity index (χ0v) is 19.1. The van der Waals surface area contributed by atoms with Gasteiger partial charge in [-0.15, -0.1) is 0 Å². The number of ether oxygens (including phenoxy) is 3. The summed E-state index contributed by atoms with van der Waals surface area (Å²) in [6.45, 7) is 5.51. The summed E-state index contributed by atoms with van der Waals surface area (Å²) >= 11 is 0. The molecule has 0 aliphatic carbocycles. The van der Waals surface area contributed by atoms with Gasteiger partial charge in [0.2, 0.25) is 0 Å². The molecule has 6 rings (SSSR count). The largest absolute Gasteiger partial charge is 0.487 e. The van der Waals surface area contributed by atoms with Gasteiger partial charge in [-0.1, -0.05) is 6.07 Å². The molecule has 1 atom stereocenters. The Morgan fingerprint density at radius 2 is 1.94 bits per heavy atom. The van der Waals surface area contributed by atoms with Crippen LogP contribution in [-0.4, -0.2) is 41.8 Å². The number of amidine groups is 1. The van der Waals surface area contributed by atoms with Crippen LogP contribution in [0.15, 0.2) is 53.7 Å². The number of ketones is 1. The van der Waals surface area contributed by atoms with E-state index >= 15 is 0 Å². The first-order valence-corrected chi connectivity index (χ1v) is 11.2. The second-order valence-corrected chi connectivity index (χ2v) is 9.92. The van der Waals surface area contributed by atoms with Gasteiger partial charge in [0.15, 0.2) is 5.78 Å². The summed E-state index contributed by atoms with van der Waals surface area (Å²) in [5.41, 5.74) is 8.03. The molecule has 2 aromatic carbocycles. The molecular weight excluding hydrogens is 418 g/mol. The van der Waals surface area contributed by atoms with Gasteiger partial charge in [0, 0.05) is 41.7 Å². The van der Waals surface area contributed by atoms with Crippen LogP contribution in [0.5, 0.6) is 5.75 Å². The van der Waals surface area contributed by atoms with E-state index in [1.54, 1.807) is 0 Å². The van der Waals surface area contributed by atoms with Crippen LogP contribution in [0.25, 0.3) is 10.9 Å². The second-order valence-electron chi connectivity index (χ2n) is 9.92. The first-order valence-electron chi connectivity index (χ1n) is 11.2. The van der Waals surface area contributed by atoms with Crippen molar-refractivity contribution in [1.82, 2.24) is 4.57 Å². The van der Waals surface area contributed by atoms with E-state index in [2.05, 4.69) is 13.8 Å². The van der Waals surface area contributed by atoms with Crippen molar-refractivity contribution >= 4 is 22.7 Å². The third kappa shape index (κ3) is 2.66. The van der Waals surface area contributed by atoms with Gasteiger partial charge in [0.25, 0.3) is 6.02 Å². The molecule has 1 fully saturated rings. The number of benzene rings is 2. The third-order valence-electron chi connectivity index (χ3n) is 7.80. The summed E-state index contributed by atoms with van der Waals surface area (Å²) < 4.78 is 19.9. The highest BCUT2D eigenvalue weighted by molar-refractivity contribution is 6.00. The van der Waals surface area contributed by atoms with Crippen LogP contribution in [0.4, 0.5) is 0 Å². The molecule has 3 aliphatic heterocycles. The number of hydrogen-bond donors (Lipinski definition) is 1. The maximum Gasteiger partial charge on any atom is 0.283 e. The van der Waals surface area contributed by atoms with Crippen molar-refractivity contribution in [2.45, 2.75) is 31.4 Å². The van der Waals surface area contributed by atoms with Crippen LogP contribution >= 0.6 is 0 Å². The number of hydrogen-bond acceptors (Lipinski definition) is 6. The normalized spacial score (nSPS) is 24.2. The van der Waals surface area contributed by atoms with Crippen LogP contribution in [-0.2, 0) is 28.5 Å². The summed E-state index contributed by atoms with van der Waals surface area (Å²) in [6, 6.07) is 14.0. The van der Waals surface area contributed by atoms with E-state index in [9.17, 15) is 4.79 Å². The molecule has 0 bridgehead atoms. The van der Waals surface area contributed by atoms with Crippen LogP contribution in [0.1, 0.15) is 35.3 Å². The first-order chi connectivity index (χ1) is 15.7. The average molecular weight is 446 g/mol. The zero-order valence-electron chi connectivity index (χ0n) is 19.1. The van der Waals surface area contributed by atoms with E-state index in [1.807, 2.05) is 60.3 Å². The smallest absolute Gasteiger partial charge is 0.283 e. The molecule has 0 saturated carbocycles. The molecule has 1 unspecified atom stereocenters. The minimum atomic E-state index is -0.700. The van der Waals surface area contributed by atoms with Crippen molar-refractivity contribution in [1.29, 1.82) is 0 Å². The summed E-state index contributed by atoms with van der Waals surface area (Å²) in [7, 11) is 2.00. The number of carbonyl (C=O) groups excluding carboxylic acids is 1. The fourth-order valence-electron chi connectivity index (χ4n) is 5.68. The molecule has 2 spiro atoms. The Kier molecular flexibility index (Phi) is 4.06. The van der Waals surface area contributed by atoms with E-state index in [0.717, 1.165) is 27.8 Å². The minimum Gasteiger partial charge on any atom is -0.487 e. The van der Waals surface area contributed by atoms with Crippen LogP contribution in [0, 0.1) is 5.41 Å². The Bertz CT molecular complexity index is 1330. The first kappa shape index (κ1) is 20.3. The summed E-state index contributed by atoms with van der Waals surface area (Å²) in [5.74, 6) is 0.820. The van der Waals surface area contributed by atoms with Crippen LogP contribution in [0.3, 0.4) is 0 Å². The van der Waals surface area contributed by atoms with E-state index in [1.165, 1.54) is 0 Å². The lowest BCUT2D eigenvalue weighted by Gasteiger charge is -2.61. The highest BCUT2D eigenvalue weighted by Gasteiger charge is 2.71. The lowest BCUT2D eigenvalue weighted by molar-refractivity contribution is -0.247. The lowest BCUT2D eigenvalue weighted by atomic mass is 9.55. The van der Waals surface area contributed by atoms with Crippen molar-refractivity contribution in [2.24, 2.45) is 23.2 Å². The van der Waals surface area contributed by atoms with Gasteiger partial charge in [-0.25, -0.2) is 4.99 Å². The molecule has 3 aliphatic rings. The Morgan fingerprint density at radius 1 is 1.12 bits per heavy atom. The van der Waals surface area contributed by atoms with Crippen molar-refractivity contribution in [2.75, 3.05) is 19.8 Å². The Hall–Kier alpha value is -3.32. The van der Waals surface area contributed by atoms with Gasteiger partial charge in [-0.05, 0) is 55.8 Å². The standard InChI is InChI=1S/C26H27N3O4/c1-24(2)25(13-31-14-25)26(15-32-23(27)28-26)19-10-16(4-7-22(19)33-24)11-21(30)18-5-6-20-17(12-18)8-9-29(20)3/h4-10,12H,11,13-15H2,1-3H3,(H2,27,28). The Labute approximate surface area is 192 Å². The lowest BCUT2D eigenvalue weighted by Crippen LogP contribution is -2.71. The van der Waals surface area contributed by atoms with Gasteiger partial charge in [-0.2, -0.15) is 0 Å². The van der Waals surface area contributed by atoms with Gasteiger partial charge in [0.05, 0.1) is 18.6 Å². The fourth-order valence-corrected chi connectivity index (χ4v) is 5.68. The van der Waals surface area contributed by atoms with E-state index in [0.29, 0.717) is 25.4 Å². The number of nitrogens with zero attached hydrogens (tertiary/aromatic N) is 2. The van der Waals surface area contributed by atoms with Gasteiger partial charge in [-0.3, -0.25) is 4.79 Å². The number of aromatic nitrogens is 1. The number of Topliss-reactive ketones (excluding diaryl/α,β-unsaturated/α-hetero) is 1. The molecule has 33 heavy (non-hydrogen) atoms. The molecule has 0 amide bonds. The molecule has 170 valence electrons. The molecular formula is C26H27N3O4. The second kappa shape index (κ2) is 6.60. The van der Waals surface area contributed by atoms with E-state index in [-0.39, 0.29) is 18.2 Å². The van der Waals surface area contributed by atoms with Crippen molar-refractivity contribution in [3.63, 3.8) is 0 Å². The van der Waals surface area contributed by atoms with E-state index in [4.69, 9.17) is 24.9 Å². The molecule has 1 aromatic heterocycles. The van der Waals surface area contributed by atoms with Gasteiger partial charge in [0.1, 0.15) is 23.5 Å². The zero-order chi connectivity index (χ0) is 23.0. The van der Waals surface area contributed by atoms with Gasteiger partial charge >= 0.3 is 0 Å². The average Bonchev–Trinajstić information content (AvgIpc) is 3.30. The number of aliphatic imine (C=N–C) groups is 1. The Morgan fingerprint density at radius 3 is 2.64 bits per heavy atom. The van der Waals surface area contributed by atoms with Crippen molar-refractivity contribution < 1.29 is 19.0 Å². The SMILES string of the molecule is Cn1ccc2cc(C(=O)Cc3ccc4c(c3)C3(COC(N)=N3)C3(COC3)C(C)(C)O4)ccc21. The van der Waals surface area contributed by atoms with Crippen molar-refractivity contribution in [3.05, 3.63) is 65.4 Å². The monoisotopic (exact) mass is 445 g/mol. The summed E-state index contributed by atoms with van der Waals surface area (Å²) in [4.78, 5) is 18.0. The molecule has 7 nitrogen and oxygen atoms in total. The quantitative estimate of drug-likeness (QED) is 0.625. The summed E-state index contributed by atoms with van der Waals surface area (Å²) in [6.07, 6.45) is 2.29. The van der Waals surface area contributed by atoms with Crippen LogP contribution in [0.2, 0.25) is 0 Å². The van der Waals surface area contributed by atoms with Gasteiger partial charge < -0.3 is 24.5 Å². The highest BCUT2D eigenvalue weighted by Crippen LogP contribution is 2.62. The predicted octanol–water partition coefficient (Wildman–Crippen LogP) is 3.33. The van der Waals surface area contributed by atoms with E-state index < -0.39 is 16.6 Å². The molecule has 3 aromatic rings. The number of nitrogens with two attached hydrogens (primary N) is 1. The topological polar surface area (TPSA) is 88.1 Å². The third-order valence-corrected chi connectivity index (χ3v) is 7.80. The summed E-state index contributed by atoms with van der Waals surface area (Å²) in [5, 5.41) is 1.06. The number of rotatable bonds is 3. The predicted molar refractivity (Wildman–Crippen MR) is 125 cm³/mol. The van der Waals surface area contributed by atoms with Crippen molar-refractivity contribution in [3.8, 4) is 5.75 Å². The fraction of sp³-hybridized carbons (Fsp3) is 0.385. The molecule has 0 radical (unpaired) electrons. The Balaban J connectivity index is 1.39. The molecule has 1 saturated heterocycles. The maximum absolute atomic E-state index is 13.2.